The molecule has 2 heterocycles. The predicted octanol–water partition coefficient (Wildman–Crippen LogP) is 3.54. The van der Waals surface area contributed by atoms with Crippen LogP contribution < -0.4 is 5.32 Å². The van der Waals surface area contributed by atoms with Crippen LogP contribution in [0.3, 0.4) is 0 Å². The molecule has 32 heavy (non-hydrogen) atoms. The summed E-state index contributed by atoms with van der Waals surface area (Å²) in [6, 6.07) is 15.3. The van der Waals surface area contributed by atoms with E-state index in [0.717, 1.165) is 48.3 Å². The molecule has 0 saturated carbocycles. The van der Waals surface area contributed by atoms with Crippen LogP contribution in [0.15, 0.2) is 48.5 Å². The van der Waals surface area contributed by atoms with Crippen molar-refractivity contribution in [3.63, 3.8) is 0 Å². The molecule has 2 aliphatic rings. The normalized spacial score (nSPS) is 17.7. The number of rotatable bonds is 6. The average molecular weight is 434 g/mol. The predicted molar refractivity (Wildman–Crippen MR) is 124 cm³/mol. The molecule has 2 aliphatic heterocycles. The van der Waals surface area contributed by atoms with Crippen molar-refractivity contribution >= 4 is 23.4 Å². The zero-order chi connectivity index (χ0) is 22.5. The molecule has 4 rings (SSSR count). The van der Waals surface area contributed by atoms with Crippen molar-refractivity contribution < 1.29 is 14.4 Å². The largest absolute Gasteiger partial charge is 0.341 e. The maximum atomic E-state index is 13.3. The molecular weight excluding hydrogens is 402 g/mol. The number of carbonyl (C=O) groups is 3. The molecule has 1 N–H and O–H groups in total. The monoisotopic (exact) mass is 433 g/mol. The van der Waals surface area contributed by atoms with Crippen molar-refractivity contribution in [2.45, 2.75) is 58.0 Å². The van der Waals surface area contributed by atoms with Crippen molar-refractivity contribution in [2.75, 3.05) is 18.4 Å². The molecule has 0 aromatic heterocycles. The molecule has 1 unspecified atom stereocenters. The number of carbonyl (C=O) groups excluding carboxylic acids is 3. The van der Waals surface area contributed by atoms with E-state index in [1.165, 1.54) is 0 Å². The Morgan fingerprint density at radius 2 is 1.75 bits per heavy atom. The number of hydrogen-bond acceptors (Lipinski definition) is 3. The van der Waals surface area contributed by atoms with Gasteiger partial charge < -0.3 is 15.1 Å². The molecule has 2 aromatic rings. The highest BCUT2D eigenvalue weighted by Crippen LogP contribution is 2.29. The van der Waals surface area contributed by atoms with Crippen LogP contribution in [0.2, 0.25) is 0 Å². The molecule has 0 radical (unpaired) electrons. The third kappa shape index (κ3) is 5.01. The van der Waals surface area contributed by atoms with E-state index in [9.17, 15) is 14.4 Å². The van der Waals surface area contributed by atoms with E-state index in [0.29, 0.717) is 32.2 Å². The minimum Gasteiger partial charge on any atom is -0.341 e. The van der Waals surface area contributed by atoms with E-state index < -0.39 is 6.04 Å². The maximum Gasteiger partial charge on any atom is 0.245 e. The Hall–Kier alpha value is -3.15. The Labute approximate surface area is 189 Å². The molecule has 0 bridgehead atoms. The van der Waals surface area contributed by atoms with Gasteiger partial charge in [-0.15, -0.1) is 0 Å². The van der Waals surface area contributed by atoms with Gasteiger partial charge >= 0.3 is 0 Å². The summed E-state index contributed by atoms with van der Waals surface area (Å²) in [7, 11) is 0. The summed E-state index contributed by atoms with van der Waals surface area (Å²) >= 11 is 0. The van der Waals surface area contributed by atoms with Crippen LogP contribution in [0.25, 0.3) is 0 Å². The number of likely N-dealkylation sites (tertiary alicyclic amines) is 1. The fourth-order valence-corrected chi connectivity index (χ4v) is 4.58. The van der Waals surface area contributed by atoms with Crippen molar-refractivity contribution in [1.82, 2.24) is 9.80 Å². The summed E-state index contributed by atoms with van der Waals surface area (Å²) in [5.41, 5.74) is 3.92. The summed E-state index contributed by atoms with van der Waals surface area (Å²) < 4.78 is 0. The van der Waals surface area contributed by atoms with Gasteiger partial charge in [-0.05, 0) is 48.1 Å². The van der Waals surface area contributed by atoms with Gasteiger partial charge in [-0.25, -0.2) is 0 Å². The minimum atomic E-state index is -0.458. The first-order chi connectivity index (χ1) is 15.5. The van der Waals surface area contributed by atoms with Gasteiger partial charge in [-0.2, -0.15) is 0 Å². The quantitative estimate of drug-likeness (QED) is 0.758. The highest BCUT2D eigenvalue weighted by atomic mass is 16.2. The third-order valence-corrected chi connectivity index (χ3v) is 6.43. The number of anilines is 1. The van der Waals surface area contributed by atoms with Gasteiger partial charge in [0.05, 0.1) is 0 Å². The lowest BCUT2D eigenvalue weighted by Crippen LogP contribution is -2.53. The standard InChI is InChI=1S/C26H31N3O3/c1-2-24(30)27-22-12-11-20-17-23(26(32)28-14-6-7-15-28)29(18-21(20)16-22)25(31)13-10-19-8-4-3-5-9-19/h3-5,8-9,11-12,16,23H,2,6-7,10,13-15,17-18H2,1H3,(H,27,30). The first-order valence-electron chi connectivity index (χ1n) is 11.6. The van der Waals surface area contributed by atoms with Gasteiger partial charge in [-0.1, -0.05) is 43.3 Å². The van der Waals surface area contributed by atoms with E-state index in [2.05, 4.69) is 5.32 Å². The Morgan fingerprint density at radius 1 is 1.00 bits per heavy atom. The number of fused-ring (bicyclic) bond motifs is 1. The molecule has 2 aromatic carbocycles. The Bertz CT molecular complexity index is 983. The van der Waals surface area contributed by atoms with Crippen molar-refractivity contribution in [3.8, 4) is 0 Å². The Balaban J connectivity index is 1.55. The number of amides is 3. The topological polar surface area (TPSA) is 69.7 Å². The Morgan fingerprint density at radius 3 is 2.47 bits per heavy atom. The lowest BCUT2D eigenvalue weighted by molar-refractivity contribution is -0.146. The minimum absolute atomic E-state index is 0.0000434. The molecule has 1 atom stereocenters. The van der Waals surface area contributed by atoms with E-state index in [4.69, 9.17) is 0 Å². The van der Waals surface area contributed by atoms with Crippen LogP contribution in [-0.2, 0) is 33.8 Å². The van der Waals surface area contributed by atoms with Crippen LogP contribution in [0.5, 0.6) is 0 Å². The van der Waals surface area contributed by atoms with Gasteiger partial charge in [0.1, 0.15) is 6.04 Å². The van der Waals surface area contributed by atoms with E-state index in [1.807, 2.05) is 60.4 Å². The fourth-order valence-electron chi connectivity index (χ4n) is 4.58. The average Bonchev–Trinajstić information content (AvgIpc) is 3.37. The number of nitrogens with zero attached hydrogens (tertiary/aromatic N) is 2. The third-order valence-electron chi connectivity index (χ3n) is 6.43. The lowest BCUT2D eigenvalue weighted by atomic mass is 9.92. The first-order valence-corrected chi connectivity index (χ1v) is 11.6. The summed E-state index contributed by atoms with van der Waals surface area (Å²) in [5.74, 6) is 0.0169. The van der Waals surface area contributed by atoms with Crippen molar-refractivity contribution in [3.05, 3.63) is 65.2 Å². The summed E-state index contributed by atoms with van der Waals surface area (Å²) in [6.45, 7) is 3.75. The second-order valence-electron chi connectivity index (χ2n) is 8.64. The van der Waals surface area contributed by atoms with Crippen LogP contribution in [-0.4, -0.2) is 46.7 Å². The molecule has 6 nitrogen and oxygen atoms in total. The van der Waals surface area contributed by atoms with Crippen LogP contribution in [0, 0.1) is 0 Å². The van der Waals surface area contributed by atoms with Gasteiger partial charge in [0.2, 0.25) is 17.7 Å². The second kappa shape index (κ2) is 9.98. The van der Waals surface area contributed by atoms with Crippen LogP contribution >= 0.6 is 0 Å². The van der Waals surface area contributed by atoms with E-state index >= 15 is 0 Å². The lowest BCUT2D eigenvalue weighted by Gasteiger charge is -2.38. The number of nitrogens with one attached hydrogen (secondary N) is 1. The molecule has 1 saturated heterocycles. The van der Waals surface area contributed by atoms with Crippen molar-refractivity contribution in [2.24, 2.45) is 0 Å². The molecule has 6 heteroatoms. The molecular formula is C26H31N3O3. The first kappa shape index (κ1) is 22.1. The van der Waals surface area contributed by atoms with Gasteiger partial charge in [0.15, 0.2) is 0 Å². The van der Waals surface area contributed by atoms with Gasteiger partial charge in [0.25, 0.3) is 0 Å². The molecule has 0 aliphatic carbocycles. The zero-order valence-corrected chi connectivity index (χ0v) is 18.7. The fraction of sp³-hybridized carbons (Fsp3) is 0.423. The Kier molecular flexibility index (Phi) is 6.88. The van der Waals surface area contributed by atoms with E-state index in [1.54, 1.807) is 4.90 Å². The molecule has 1 fully saturated rings. The molecule has 168 valence electrons. The van der Waals surface area contributed by atoms with Gasteiger partial charge in [-0.3, -0.25) is 14.4 Å². The van der Waals surface area contributed by atoms with E-state index in [-0.39, 0.29) is 17.7 Å². The zero-order valence-electron chi connectivity index (χ0n) is 18.7. The van der Waals surface area contributed by atoms with Crippen LogP contribution in [0.4, 0.5) is 5.69 Å². The number of hydrogen-bond donors (Lipinski definition) is 1. The van der Waals surface area contributed by atoms with Crippen molar-refractivity contribution in [1.29, 1.82) is 0 Å². The summed E-state index contributed by atoms with van der Waals surface area (Å²) in [5, 5.41) is 2.89. The maximum absolute atomic E-state index is 13.3. The van der Waals surface area contributed by atoms with Gasteiger partial charge in [0, 0.05) is 44.6 Å². The van der Waals surface area contributed by atoms with Crippen LogP contribution in [0.1, 0.15) is 49.3 Å². The molecule has 0 spiro atoms. The summed E-state index contributed by atoms with van der Waals surface area (Å²) in [6.07, 6.45) is 4.00. The highest BCUT2D eigenvalue weighted by Gasteiger charge is 2.37. The molecule has 3 amide bonds. The SMILES string of the molecule is CCC(=O)Nc1ccc2c(c1)CN(C(=O)CCc1ccccc1)C(C(=O)N1CCCC1)C2. The second-order valence-corrected chi connectivity index (χ2v) is 8.64. The highest BCUT2D eigenvalue weighted by molar-refractivity contribution is 5.91. The number of benzene rings is 2. The smallest absolute Gasteiger partial charge is 0.245 e. The summed E-state index contributed by atoms with van der Waals surface area (Å²) in [4.78, 5) is 42.1. The number of aryl methyl sites for hydroxylation is 1.